The van der Waals surface area contributed by atoms with Gasteiger partial charge in [0.15, 0.2) is 5.96 Å². The van der Waals surface area contributed by atoms with Gasteiger partial charge in [-0.3, -0.25) is 4.99 Å². The van der Waals surface area contributed by atoms with Gasteiger partial charge in [-0.2, -0.15) is 0 Å². The van der Waals surface area contributed by atoms with E-state index in [0.29, 0.717) is 24.6 Å². The highest BCUT2D eigenvalue weighted by Crippen LogP contribution is 2.18. The van der Waals surface area contributed by atoms with E-state index in [1.807, 2.05) is 26.0 Å². The van der Waals surface area contributed by atoms with Crippen LogP contribution in [-0.2, 0) is 6.42 Å². The molecule has 0 saturated carbocycles. The maximum atomic E-state index is 13.8. The second-order valence-electron chi connectivity index (χ2n) is 7.29. The lowest BCUT2D eigenvalue weighted by atomic mass is 10.1. The van der Waals surface area contributed by atoms with Crippen molar-refractivity contribution < 1.29 is 8.78 Å². The molecule has 3 rings (SSSR count). The van der Waals surface area contributed by atoms with E-state index in [1.54, 1.807) is 0 Å². The lowest BCUT2D eigenvalue weighted by molar-refractivity contribution is 0.459. The first-order chi connectivity index (χ1) is 14.0. The number of aliphatic imine (C=N–C) groups is 1. The number of benzene rings is 1. The first-order valence-corrected chi connectivity index (χ1v) is 10.2. The van der Waals surface area contributed by atoms with E-state index in [9.17, 15) is 8.78 Å². The van der Waals surface area contributed by atoms with Gasteiger partial charge in [-0.05, 0) is 69.0 Å². The van der Waals surface area contributed by atoms with Gasteiger partial charge in [0, 0.05) is 37.9 Å². The molecule has 0 amide bonds. The lowest BCUT2D eigenvalue weighted by Gasteiger charge is -2.34. The fourth-order valence-electron chi connectivity index (χ4n) is 3.49. The Bertz CT molecular complexity index is 838. The Morgan fingerprint density at radius 2 is 1.97 bits per heavy atom. The van der Waals surface area contributed by atoms with E-state index in [2.05, 4.69) is 31.6 Å². The van der Waals surface area contributed by atoms with Crippen molar-refractivity contribution in [3.63, 3.8) is 0 Å². The number of piperidine rings is 1. The number of halogens is 3. The number of aromatic nitrogens is 1. The minimum absolute atomic E-state index is 0. The van der Waals surface area contributed by atoms with Gasteiger partial charge in [0.25, 0.3) is 0 Å². The molecule has 1 fully saturated rings. The number of guanidine groups is 1. The van der Waals surface area contributed by atoms with Gasteiger partial charge in [-0.15, -0.1) is 24.0 Å². The SMILES string of the molecule is CCNC(=NCCc1cc(F)ccc1F)NC1CCN(c2cccc(C)n2)CC1.I. The summed E-state index contributed by atoms with van der Waals surface area (Å²) in [5.41, 5.74) is 1.38. The summed E-state index contributed by atoms with van der Waals surface area (Å²) in [6.45, 7) is 7.01. The fourth-order valence-corrected chi connectivity index (χ4v) is 3.49. The molecule has 1 aliphatic rings. The molecule has 0 bridgehead atoms. The Hall–Kier alpha value is -1.97. The molecule has 1 aromatic carbocycles. The number of rotatable bonds is 6. The first kappa shape index (κ1) is 24.3. The molecule has 1 aromatic heterocycles. The molecule has 1 aliphatic heterocycles. The zero-order valence-corrected chi connectivity index (χ0v) is 19.8. The Balaban J connectivity index is 0.00000320. The Morgan fingerprint density at radius 1 is 1.20 bits per heavy atom. The Labute approximate surface area is 194 Å². The molecular weight excluding hydrogens is 499 g/mol. The summed E-state index contributed by atoms with van der Waals surface area (Å²) in [7, 11) is 0. The van der Waals surface area contributed by atoms with E-state index in [0.717, 1.165) is 62.1 Å². The van der Waals surface area contributed by atoms with Crippen LogP contribution in [0, 0.1) is 18.6 Å². The van der Waals surface area contributed by atoms with Crippen molar-refractivity contribution in [3.8, 4) is 0 Å². The normalized spacial score (nSPS) is 14.9. The summed E-state index contributed by atoms with van der Waals surface area (Å²) in [6.07, 6.45) is 2.33. The Kier molecular flexibility index (Phi) is 9.74. The van der Waals surface area contributed by atoms with E-state index in [1.165, 1.54) is 6.07 Å². The molecule has 0 unspecified atom stereocenters. The number of nitrogens with zero attached hydrogens (tertiary/aromatic N) is 3. The van der Waals surface area contributed by atoms with Crippen molar-refractivity contribution >= 4 is 35.8 Å². The standard InChI is InChI=1S/C22H29F2N5.HI/c1-3-25-22(26-12-9-17-15-18(23)7-8-20(17)24)28-19-10-13-29(14-11-19)21-6-4-5-16(2)27-21;/h4-8,15,19H,3,9-14H2,1-2H3,(H2,25,26,28);1H. The summed E-state index contributed by atoms with van der Waals surface area (Å²) in [4.78, 5) is 11.5. The van der Waals surface area contributed by atoms with Gasteiger partial charge in [-0.25, -0.2) is 13.8 Å². The number of nitrogens with one attached hydrogen (secondary N) is 2. The maximum Gasteiger partial charge on any atom is 0.191 e. The van der Waals surface area contributed by atoms with Crippen LogP contribution < -0.4 is 15.5 Å². The van der Waals surface area contributed by atoms with E-state index < -0.39 is 11.6 Å². The molecule has 30 heavy (non-hydrogen) atoms. The predicted octanol–water partition coefficient (Wildman–Crippen LogP) is 4.05. The molecule has 0 spiro atoms. The summed E-state index contributed by atoms with van der Waals surface area (Å²) in [6, 6.07) is 9.95. The molecule has 0 radical (unpaired) electrons. The average molecular weight is 529 g/mol. The third kappa shape index (κ3) is 7.07. The van der Waals surface area contributed by atoms with Crippen LogP contribution >= 0.6 is 24.0 Å². The van der Waals surface area contributed by atoms with E-state index >= 15 is 0 Å². The van der Waals surface area contributed by atoms with Crippen molar-refractivity contribution in [2.45, 2.75) is 39.2 Å². The number of aryl methyl sites for hydroxylation is 1. The minimum Gasteiger partial charge on any atom is -0.357 e. The average Bonchev–Trinajstić information content (AvgIpc) is 2.71. The fraction of sp³-hybridized carbons (Fsp3) is 0.455. The summed E-state index contributed by atoms with van der Waals surface area (Å²) < 4.78 is 27.1. The van der Waals surface area contributed by atoms with Crippen LogP contribution in [0.5, 0.6) is 0 Å². The smallest absolute Gasteiger partial charge is 0.191 e. The van der Waals surface area contributed by atoms with Crippen molar-refractivity contribution in [3.05, 3.63) is 59.3 Å². The van der Waals surface area contributed by atoms with E-state index in [4.69, 9.17) is 0 Å². The Morgan fingerprint density at radius 3 is 2.67 bits per heavy atom. The number of anilines is 1. The molecule has 8 heteroatoms. The van der Waals surface area contributed by atoms with Gasteiger partial charge < -0.3 is 15.5 Å². The molecule has 2 heterocycles. The number of hydrogen-bond acceptors (Lipinski definition) is 3. The highest BCUT2D eigenvalue weighted by atomic mass is 127. The molecule has 0 aliphatic carbocycles. The largest absolute Gasteiger partial charge is 0.357 e. The predicted molar refractivity (Wildman–Crippen MR) is 129 cm³/mol. The van der Waals surface area contributed by atoms with Crippen molar-refractivity contribution in [1.82, 2.24) is 15.6 Å². The van der Waals surface area contributed by atoms with Crippen LogP contribution in [0.3, 0.4) is 0 Å². The van der Waals surface area contributed by atoms with Crippen LogP contribution in [0.25, 0.3) is 0 Å². The monoisotopic (exact) mass is 529 g/mol. The lowest BCUT2D eigenvalue weighted by Crippen LogP contribution is -2.49. The van der Waals surface area contributed by atoms with Crippen LogP contribution in [0.2, 0.25) is 0 Å². The molecule has 2 N–H and O–H groups in total. The van der Waals surface area contributed by atoms with Gasteiger partial charge in [-0.1, -0.05) is 6.07 Å². The van der Waals surface area contributed by atoms with Crippen molar-refractivity contribution in [1.29, 1.82) is 0 Å². The molecule has 164 valence electrons. The number of pyridine rings is 1. The first-order valence-electron chi connectivity index (χ1n) is 10.2. The van der Waals surface area contributed by atoms with E-state index in [-0.39, 0.29) is 24.0 Å². The summed E-state index contributed by atoms with van der Waals surface area (Å²) in [5.74, 6) is 0.930. The second kappa shape index (κ2) is 12.0. The minimum atomic E-state index is -0.426. The third-order valence-corrected chi connectivity index (χ3v) is 5.04. The highest BCUT2D eigenvalue weighted by Gasteiger charge is 2.21. The number of hydrogen-bond donors (Lipinski definition) is 2. The van der Waals surface area contributed by atoms with Crippen LogP contribution in [0.4, 0.5) is 14.6 Å². The third-order valence-electron chi connectivity index (χ3n) is 5.04. The van der Waals surface area contributed by atoms with Gasteiger partial charge >= 0.3 is 0 Å². The quantitative estimate of drug-likeness (QED) is 0.337. The topological polar surface area (TPSA) is 52.6 Å². The van der Waals surface area contributed by atoms with Crippen LogP contribution in [0.15, 0.2) is 41.4 Å². The van der Waals surface area contributed by atoms with Gasteiger partial charge in [0.05, 0.1) is 0 Å². The van der Waals surface area contributed by atoms with Gasteiger partial charge in [0.1, 0.15) is 17.5 Å². The van der Waals surface area contributed by atoms with Crippen LogP contribution in [0.1, 0.15) is 31.0 Å². The molecular formula is C22H30F2IN5. The van der Waals surface area contributed by atoms with Crippen molar-refractivity contribution in [2.75, 3.05) is 31.1 Å². The van der Waals surface area contributed by atoms with Crippen molar-refractivity contribution in [2.24, 2.45) is 4.99 Å². The molecule has 5 nitrogen and oxygen atoms in total. The molecule has 1 saturated heterocycles. The van der Waals surface area contributed by atoms with Gasteiger partial charge in [0.2, 0.25) is 0 Å². The molecule has 0 atom stereocenters. The zero-order valence-electron chi connectivity index (χ0n) is 17.5. The maximum absolute atomic E-state index is 13.8. The zero-order chi connectivity index (χ0) is 20.6. The van der Waals surface area contributed by atoms with Crippen LogP contribution in [-0.4, -0.2) is 43.2 Å². The second-order valence-corrected chi connectivity index (χ2v) is 7.29. The summed E-state index contributed by atoms with van der Waals surface area (Å²) in [5, 5.41) is 6.71. The molecule has 2 aromatic rings. The summed E-state index contributed by atoms with van der Waals surface area (Å²) >= 11 is 0. The highest BCUT2D eigenvalue weighted by molar-refractivity contribution is 14.0.